The van der Waals surface area contributed by atoms with Crippen molar-refractivity contribution in [1.82, 2.24) is 4.98 Å². The monoisotopic (exact) mass is 409 g/mol. The number of thiazole rings is 1. The smallest absolute Gasteiger partial charge is 0.265 e. The summed E-state index contributed by atoms with van der Waals surface area (Å²) in [6, 6.07) is 12.6. The summed E-state index contributed by atoms with van der Waals surface area (Å²) in [5.41, 5.74) is 4.62. The number of rotatable bonds is 6. The summed E-state index contributed by atoms with van der Waals surface area (Å²) < 4.78 is 10.9. The van der Waals surface area contributed by atoms with E-state index in [1.54, 1.807) is 35.8 Å². The molecule has 0 aliphatic carbocycles. The van der Waals surface area contributed by atoms with Crippen LogP contribution >= 0.6 is 11.3 Å². The van der Waals surface area contributed by atoms with Crippen molar-refractivity contribution in [3.05, 3.63) is 53.4 Å². The fraction of sp³-hybridized carbons (Fsp3) is 0.190. The number of hydrogen-bond donors (Lipinski definition) is 1. The lowest BCUT2D eigenvalue weighted by molar-refractivity contribution is -0.123. The Balaban J connectivity index is 1.51. The van der Waals surface area contributed by atoms with E-state index in [0.29, 0.717) is 23.7 Å². The van der Waals surface area contributed by atoms with Crippen LogP contribution in [0.2, 0.25) is 0 Å². The van der Waals surface area contributed by atoms with Gasteiger partial charge in [-0.25, -0.2) is 4.98 Å². The summed E-state index contributed by atoms with van der Waals surface area (Å²) in [5.74, 6) is 0.735. The van der Waals surface area contributed by atoms with Crippen LogP contribution in [0, 0.1) is 0 Å². The molecule has 0 radical (unpaired) electrons. The van der Waals surface area contributed by atoms with Crippen LogP contribution in [-0.2, 0) is 9.59 Å². The molecule has 3 aromatic rings. The first-order valence-corrected chi connectivity index (χ1v) is 10.1. The third kappa shape index (κ3) is 4.22. The van der Waals surface area contributed by atoms with E-state index < -0.39 is 0 Å². The Hall–Kier alpha value is -3.39. The summed E-state index contributed by atoms with van der Waals surface area (Å²) in [4.78, 5) is 30.8. The van der Waals surface area contributed by atoms with Gasteiger partial charge in [-0.15, -0.1) is 11.3 Å². The van der Waals surface area contributed by atoms with E-state index in [2.05, 4.69) is 10.3 Å². The van der Waals surface area contributed by atoms with E-state index >= 15 is 0 Å². The molecule has 4 rings (SSSR count). The Labute approximate surface area is 171 Å². The van der Waals surface area contributed by atoms with Crippen molar-refractivity contribution in [2.24, 2.45) is 0 Å². The first kappa shape index (κ1) is 18.9. The van der Waals surface area contributed by atoms with Gasteiger partial charge in [0.05, 0.1) is 23.5 Å². The molecular weight excluding hydrogens is 390 g/mol. The summed E-state index contributed by atoms with van der Waals surface area (Å²) in [6.45, 7) is 2.28. The minimum Gasteiger partial charge on any atom is -0.494 e. The molecule has 148 valence electrons. The molecule has 2 aromatic carbocycles. The second-order valence-electron chi connectivity index (χ2n) is 6.33. The molecule has 1 aliphatic heterocycles. The minimum atomic E-state index is -0.297. The maximum atomic E-state index is 12.6. The molecule has 0 saturated heterocycles. The number of aromatic nitrogens is 1. The Bertz CT molecular complexity index is 1020. The average molecular weight is 409 g/mol. The third-order valence-corrected chi connectivity index (χ3v) is 4.97. The highest BCUT2D eigenvalue weighted by Crippen LogP contribution is 2.36. The van der Waals surface area contributed by atoms with Gasteiger partial charge in [-0.1, -0.05) is 0 Å². The summed E-state index contributed by atoms with van der Waals surface area (Å²) in [7, 11) is 0. The molecule has 0 unspecified atom stereocenters. The van der Waals surface area contributed by atoms with Gasteiger partial charge in [-0.2, -0.15) is 0 Å². The van der Waals surface area contributed by atoms with Crippen molar-refractivity contribution in [1.29, 1.82) is 0 Å². The molecule has 0 spiro atoms. The lowest BCUT2D eigenvalue weighted by atomic mass is 10.1. The predicted octanol–water partition coefficient (Wildman–Crippen LogP) is 3.57. The van der Waals surface area contributed by atoms with Crippen LogP contribution in [0.5, 0.6) is 11.5 Å². The highest BCUT2D eigenvalue weighted by molar-refractivity contribution is 7.07. The molecule has 0 bridgehead atoms. The van der Waals surface area contributed by atoms with E-state index in [4.69, 9.17) is 9.47 Å². The summed E-state index contributed by atoms with van der Waals surface area (Å²) >= 11 is 1.49. The number of nitrogens with one attached hydrogen (secondary N) is 1. The quantitative estimate of drug-likeness (QED) is 0.673. The van der Waals surface area contributed by atoms with Crippen LogP contribution in [0.25, 0.3) is 11.3 Å². The molecule has 1 aliphatic rings. The molecule has 0 saturated carbocycles. The second-order valence-corrected chi connectivity index (χ2v) is 7.05. The van der Waals surface area contributed by atoms with Crippen LogP contribution < -0.4 is 19.7 Å². The minimum absolute atomic E-state index is 0.0978. The van der Waals surface area contributed by atoms with E-state index in [1.165, 1.54) is 16.2 Å². The molecule has 0 atom stereocenters. The fourth-order valence-corrected chi connectivity index (χ4v) is 3.60. The first-order chi connectivity index (χ1) is 14.1. The van der Waals surface area contributed by atoms with E-state index in [1.807, 2.05) is 24.4 Å². The molecule has 1 N–H and O–H groups in total. The standard InChI is InChI=1S/C21H19N3O4S/c1-2-27-16-6-4-15(5-7-16)23-20(25)10-24-18-9-14(17-12-29-13-22-17)3-8-19(18)28-11-21(24)26/h3-9,12-13H,2,10-11H2,1H3,(H,23,25). The van der Waals surface area contributed by atoms with Crippen molar-refractivity contribution < 1.29 is 19.1 Å². The zero-order valence-electron chi connectivity index (χ0n) is 15.8. The maximum absolute atomic E-state index is 12.6. The molecule has 29 heavy (non-hydrogen) atoms. The molecule has 2 heterocycles. The average Bonchev–Trinajstić information content (AvgIpc) is 3.26. The van der Waals surface area contributed by atoms with E-state index in [9.17, 15) is 9.59 Å². The number of nitrogens with zero attached hydrogens (tertiary/aromatic N) is 2. The summed E-state index contributed by atoms with van der Waals surface area (Å²) in [5, 5.41) is 4.74. The number of carbonyl (C=O) groups excluding carboxylic acids is 2. The predicted molar refractivity (Wildman–Crippen MR) is 112 cm³/mol. The van der Waals surface area contributed by atoms with Crippen LogP contribution in [0.15, 0.2) is 53.4 Å². The Morgan fingerprint density at radius 2 is 2.10 bits per heavy atom. The molecule has 7 nitrogen and oxygen atoms in total. The van der Waals surface area contributed by atoms with Crippen molar-refractivity contribution in [2.45, 2.75) is 6.92 Å². The van der Waals surface area contributed by atoms with Crippen molar-refractivity contribution in [3.63, 3.8) is 0 Å². The second kappa shape index (κ2) is 8.32. The SMILES string of the molecule is CCOc1ccc(NC(=O)CN2C(=O)COc3ccc(-c4cscn4)cc32)cc1. The number of amides is 2. The van der Waals surface area contributed by atoms with Gasteiger partial charge >= 0.3 is 0 Å². The largest absolute Gasteiger partial charge is 0.494 e. The topological polar surface area (TPSA) is 80.8 Å². The molecule has 0 fully saturated rings. The number of carbonyl (C=O) groups is 2. The molecule has 2 amide bonds. The van der Waals surface area contributed by atoms with Crippen molar-refractivity contribution in [3.8, 4) is 22.8 Å². The Morgan fingerprint density at radius 1 is 1.28 bits per heavy atom. The fourth-order valence-electron chi connectivity index (χ4n) is 3.04. The number of anilines is 2. The normalized spacial score (nSPS) is 12.9. The van der Waals surface area contributed by atoms with Gasteiger partial charge in [0.1, 0.15) is 18.0 Å². The summed E-state index contributed by atoms with van der Waals surface area (Å²) in [6.07, 6.45) is 0. The lowest BCUT2D eigenvalue weighted by Crippen LogP contribution is -2.43. The van der Waals surface area contributed by atoms with Gasteiger partial charge in [0.15, 0.2) is 6.61 Å². The zero-order chi connectivity index (χ0) is 20.2. The third-order valence-electron chi connectivity index (χ3n) is 4.38. The Kier molecular flexibility index (Phi) is 5.44. The van der Waals surface area contributed by atoms with Gasteiger partial charge in [0.2, 0.25) is 5.91 Å². The first-order valence-electron chi connectivity index (χ1n) is 9.12. The van der Waals surface area contributed by atoms with Crippen molar-refractivity contribution >= 4 is 34.5 Å². The van der Waals surface area contributed by atoms with Crippen LogP contribution in [0.3, 0.4) is 0 Å². The van der Waals surface area contributed by atoms with Crippen LogP contribution in [-0.4, -0.2) is 36.6 Å². The number of fused-ring (bicyclic) bond motifs is 1. The molecule has 8 heteroatoms. The van der Waals surface area contributed by atoms with Crippen LogP contribution in [0.4, 0.5) is 11.4 Å². The van der Waals surface area contributed by atoms with Gasteiger partial charge in [0.25, 0.3) is 5.91 Å². The van der Waals surface area contributed by atoms with Gasteiger partial charge in [-0.05, 0) is 49.4 Å². The maximum Gasteiger partial charge on any atom is 0.265 e. The van der Waals surface area contributed by atoms with Gasteiger partial charge in [-0.3, -0.25) is 14.5 Å². The number of benzene rings is 2. The zero-order valence-corrected chi connectivity index (χ0v) is 16.6. The van der Waals surface area contributed by atoms with E-state index in [0.717, 1.165) is 17.0 Å². The van der Waals surface area contributed by atoms with Crippen LogP contribution in [0.1, 0.15) is 6.92 Å². The highest BCUT2D eigenvalue weighted by Gasteiger charge is 2.28. The Morgan fingerprint density at radius 3 is 2.83 bits per heavy atom. The van der Waals surface area contributed by atoms with Gasteiger partial charge in [0, 0.05) is 16.6 Å². The van der Waals surface area contributed by atoms with Crippen molar-refractivity contribution in [2.75, 3.05) is 30.0 Å². The lowest BCUT2D eigenvalue weighted by Gasteiger charge is -2.29. The molecule has 1 aromatic heterocycles. The highest BCUT2D eigenvalue weighted by atomic mass is 32.1. The van der Waals surface area contributed by atoms with Gasteiger partial charge < -0.3 is 14.8 Å². The van der Waals surface area contributed by atoms with E-state index in [-0.39, 0.29) is 25.0 Å². The number of hydrogen-bond acceptors (Lipinski definition) is 6. The molecular formula is C21H19N3O4S. The number of ether oxygens (including phenoxy) is 2.